The molecule has 0 spiro atoms. The molecule has 0 bridgehead atoms. The topological polar surface area (TPSA) is 208 Å². The molecule has 0 aromatic heterocycles. The molecular formula is C12H20N4O8. The molecule has 0 aliphatic carbocycles. The number of carboxylic acids is 2. The molecule has 0 fully saturated rings. The number of carboxylic acid groups (broad SMARTS) is 2. The first-order valence-electron chi connectivity index (χ1n) is 6.82. The quantitative estimate of drug-likeness (QED) is 0.193. The van der Waals surface area contributed by atoms with E-state index in [0.717, 1.165) is 0 Å². The van der Waals surface area contributed by atoms with Crippen molar-refractivity contribution >= 4 is 29.7 Å². The predicted octanol–water partition coefficient (Wildman–Crippen LogP) is -4.03. The van der Waals surface area contributed by atoms with Gasteiger partial charge in [0, 0.05) is 6.42 Å². The van der Waals surface area contributed by atoms with E-state index in [0.29, 0.717) is 0 Å². The van der Waals surface area contributed by atoms with Crippen LogP contribution in [0.1, 0.15) is 12.8 Å². The zero-order valence-electron chi connectivity index (χ0n) is 12.7. The molecule has 0 aromatic rings. The number of hydrogen-bond acceptors (Lipinski definition) is 7. The summed E-state index contributed by atoms with van der Waals surface area (Å²) in [5.74, 6) is -4.95. The number of carbonyl (C=O) groups excluding carboxylic acids is 3. The van der Waals surface area contributed by atoms with Crippen LogP contribution in [0.25, 0.3) is 0 Å². The predicted molar refractivity (Wildman–Crippen MR) is 77.5 cm³/mol. The lowest BCUT2D eigenvalue weighted by atomic mass is 10.1. The molecule has 0 rings (SSSR count). The van der Waals surface area contributed by atoms with Crippen molar-refractivity contribution in [3.05, 3.63) is 0 Å². The molecule has 0 aromatic carbocycles. The number of aliphatic hydroxyl groups excluding tert-OH is 1. The summed E-state index contributed by atoms with van der Waals surface area (Å²) in [6, 6.07) is -2.57. The van der Waals surface area contributed by atoms with Crippen LogP contribution in [0.3, 0.4) is 0 Å². The van der Waals surface area contributed by atoms with Crippen molar-refractivity contribution in [3.63, 3.8) is 0 Å². The second kappa shape index (κ2) is 10.9. The van der Waals surface area contributed by atoms with Gasteiger partial charge < -0.3 is 37.0 Å². The van der Waals surface area contributed by atoms with Crippen LogP contribution in [-0.4, -0.2) is 76.8 Å². The third-order valence-electron chi connectivity index (χ3n) is 2.67. The van der Waals surface area contributed by atoms with Crippen molar-refractivity contribution in [2.45, 2.75) is 24.9 Å². The van der Waals surface area contributed by atoms with Gasteiger partial charge in [-0.25, -0.2) is 0 Å². The van der Waals surface area contributed by atoms with Gasteiger partial charge in [-0.2, -0.15) is 0 Å². The maximum atomic E-state index is 11.9. The minimum absolute atomic E-state index is 0.262. The van der Waals surface area contributed by atoms with Crippen molar-refractivity contribution in [1.29, 1.82) is 0 Å². The van der Waals surface area contributed by atoms with E-state index in [1.165, 1.54) is 0 Å². The first-order valence-corrected chi connectivity index (χ1v) is 6.82. The van der Waals surface area contributed by atoms with Gasteiger partial charge in [-0.05, 0) is 6.42 Å². The van der Waals surface area contributed by atoms with Crippen LogP contribution in [0, 0.1) is 0 Å². The van der Waals surface area contributed by atoms with Crippen molar-refractivity contribution in [2.75, 3.05) is 19.7 Å². The number of hydrogen-bond donors (Lipinski definition) is 7. The summed E-state index contributed by atoms with van der Waals surface area (Å²) >= 11 is 0. The van der Waals surface area contributed by atoms with E-state index in [1.54, 1.807) is 0 Å². The highest BCUT2D eigenvalue weighted by atomic mass is 16.4. The van der Waals surface area contributed by atoms with Gasteiger partial charge in [-0.1, -0.05) is 0 Å². The second-order valence-electron chi connectivity index (χ2n) is 4.67. The number of amides is 3. The molecule has 0 saturated carbocycles. The molecule has 12 heteroatoms. The minimum Gasteiger partial charge on any atom is -0.481 e. The summed E-state index contributed by atoms with van der Waals surface area (Å²) in [5.41, 5.74) is 5.28. The van der Waals surface area contributed by atoms with Crippen LogP contribution >= 0.6 is 0 Å². The Bertz CT molecular complexity index is 495. The Morgan fingerprint density at radius 3 is 2.04 bits per heavy atom. The summed E-state index contributed by atoms with van der Waals surface area (Å²) in [7, 11) is 0. The van der Waals surface area contributed by atoms with E-state index >= 15 is 0 Å². The summed E-state index contributed by atoms with van der Waals surface area (Å²) in [6.07, 6.45) is -0.695. The van der Waals surface area contributed by atoms with Gasteiger partial charge in [-0.15, -0.1) is 0 Å². The van der Waals surface area contributed by atoms with Crippen molar-refractivity contribution in [1.82, 2.24) is 16.0 Å². The smallest absolute Gasteiger partial charge is 0.322 e. The van der Waals surface area contributed by atoms with Crippen LogP contribution in [0.2, 0.25) is 0 Å². The summed E-state index contributed by atoms with van der Waals surface area (Å²) in [4.78, 5) is 55.7. The Kier molecular flexibility index (Phi) is 9.67. The van der Waals surface area contributed by atoms with Crippen molar-refractivity contribution in [2.24, 2.45) is 5.73 Å². The maximum Gasteiger partial charge on any atom is 0.322 e. The summed E-state index contributed by atoms with van der Waals surface area (Å²) < 4.78 is 0. The third-order valence-corrected chi connectivity index (χ3v) is 2.67. The Morgan fingerprint density at radius 1 is 0.917 bits per heavy atom. The van der Waals surface area contributed by atoms with Crippen LogP contribution < -0.4 is 21.7 Å². The van der Waals surface area contributed by atoms with Crippen molar-refractivity contribution in [3.8, 4) is 0 Å². The lowest BCUT2D eigenvalue weighted by Gasteiger charge is -2.19. The van der Waals surface area contributed by atoms with Crippen LogP contribution in [0.15, 0.2) is 0 Å². The van der Waals surface area contributed by atoms with E-state index < -0.39 is 67.9 Å². The zero-order valence-corrected chi connectivity index (χ0v) is 12.7. The minimum atomic E-state index is -1.29. The number of rotatable bonds is 11. The molecule has 0 heterocycles. The Morgan fingerprint density at radius 2 is 1.54 bits per heavy atom. The van der Waals surface area contributed by atoms with E-state index in [2.05, 4.69) is 10.6 Å². The first kappa shape index (κ1) is 21.3. The number of aliphatic hydroxyl groups is 1. The number of aliphatic carboxylic acids is 2. The molecule has 0 aliphatic rings. The van der Waals surface area contributed by atoms with Gasteiger partial charge >= 0.3 is 11.9 Å². The van der Waals surface area contributed by atoms with Crippen molar-refractivity contribution < 1.29 is 39.3 Å². The fourth-order valence-corrected chi connectivity index (χ4v) is 1.43. The highest BCUT2D eigenvalue weighted by Crippen LogP contribution is 1.99. The Hall–Kier alpha value is -2.73. The van der Waals surface area contributed by atoms with E-state index in [1.807, 2.05) is 5.32 Å². The molecule has 8 N–H and O–H groups in total. The van der Waals surface area contributed by atoms with E-state index in [9.17, 15) is 24.0 Å². The highest BCUT2D eigenvalue weighted by Gasteiger charge is 2.24. The van der Waals surface area contributed by atoms with E-state index in [-0.39, 0.29) is 6.42 Å². The third kappa shape index (κ3) is 9.32. The van der Waals surface area contributed by atoms with Gasteiger partial charge in [0.05, 0.1) is 13.2 Å². The molecule has 2 atom stereocenters. The van der Waals surface area contributed by atoms with Crippen LogP contribution in [0.4, 0.5) is 0 Å². The molecule has 3 amide bonds. The normalized spacial score (nSPS) is 12.6. The Balaban J connectivity index is 4.61. The highest BCUT2D eigenvalue weighted by molar-refractivity contribution is 5.92. The van der Waals surface area contributed by atoms with Gasteiger partial charge in [0.2, 0.25) is 17.7 Å². The summed E-state index contributed by atoms with van der Waals surface area (Å²) in [6.45, 7) is -1.85. The number of nitrogens with one attached hydrogen (secondary N) is 3. The van der Waals surface area contributed by atoms with Crippen LogP contribution in [0.5, 0.6) is 0 Å². The van der Waals surface area contributed by atoms with E-state index in [4.69, 9.17) is 21.1 Å². The molecule has 0 saturated heterocycles. The molecular weight excluding hydrogens is 328 g/mol. The lowest BCUT2D eigenvalue weighted by molar-refractivity contribution is -0.138. The Labute approximate surface area is 136 Å². The molecule has 0 radical (unpaired) electrons. The van der Waals surface area contributed by atoms with Gasteiger partial charge in [0.25, 0.3) is 0 Å². The molecule has 24 heavy (non-hydrogen) atoms. The largest absolute Gasteiger partial charge is 0.481 e. The van der Waals surface area contributed by atoms with Crippen LogP contribution in [-0.2, 0) is 24.0 Å². The van der Waals surface area contributed by atoms with Gasteiger partial charge in [-0.3, -0.25) is 24.0 Å². The standard InChI is InChI=1S/C12H20N4O8/c13-6(5-17)11(23)16-7(1-2-9(19)20)12(24)15-3-8(18)14-4-10(21)22/h6-7,17H,1-5,13H2,(H,14,18)(H,15,24)(H,16,23)(H,19,20)(H,21,22). The average molecular weight is 348 g/mol. The average Bonchev–Trinajstić information content (AvgIpc) is 2.52. The fraction of sp³-hybridized carbons (Fsp3) is 0.583. The maximum absolute atomic E-state index is 11.9. The van der Waals surface area contributed by atoms with Gasteiger partial charge in [0.15, 0.2) is 0 Å². The monoisotopic (exact) mass is 348 g/mol. The lowest BCUT2D eigenvalue weighted by Crippen LogP contribution is -2.53. The molecule has 0 aliphatic heterocycles. The second-order valence-corrected chi connectivity index (χ2v) is 4.67. The molecule has 2 unspecified atom stereocenters. The zero-order chi connectivity index (χ0) is 18.7. The van der Waals surface area contributed by atoms with Gasteiger partial charge in [0.1, 0.15) is 18.6 Å². The number of carbonyl (C=O) groups is 5. The SMILES string of the molecule is NC(CO)C(=O)NC(CCC(=O)O)C(=O)NCC(=O)NCC(=O)O. The number of nitrogens with two attached hydrogens (primary N) is 1. The molecule has 12 nitrogen and oxygen atoms in total. The first-order chi connectivity index (χ1) is 11.2. The fourth-order valence-electron chi connectivity index (χ4n) is 1.43. The molecule has 136 valence electrons. The summed E-state index contributed by atoms with van der Waals surface area (Å²) in [5, 5.41) is 32.1.